The fraction of sp³-hybridized carbons (Fsp3) is 0.719. The van der Waals surface area contributed by atoms with Gasteiger partial charge in [0.05, 0.1) is 19.8 Å². The smallest absolute Gasteiger partial charge is 0.479 e. The summed E-state index contributed by atoms with van der Waals surface area (Å²) in [4.78, 5) is 57.4. The van der Waals surface area contributed by atoms with Crippen LogP contribution >= 0.6 is 15.6 Å². The van der Waals surface area contributed by atoms with Gasteiger partial charge < -0.3 is 133 Å². The molecule has 0 aromatic carbocycles. The molecule has 0 aromatic rings. The lowest BCUT2D eigenvalue weighted by molar-refractivity contribution is -0.398. The minimum Gasteiger partial charge on any atom is -0.479 e. The van der Waals surface area contributed by atoms with E-state index in [2.05, 4.69) is 134 Å². The van der Waals surface area contributed by atoms with Gasteiger partial charge in [-0.3, -0.25) is 18.6 Å². The van der Waals surface area contributed by atoms with Crippen molar-refractivity contribution in [1.29, 1.82) is 0 Å². The average molecular weight is 1840 g/mol. The third-order valence-corrected chi connectivity index (χ3v) is 25.1. The lowest BCUT2D eigenvalue weighted by Crippen LogP contribution is -2.68. The largest absolute Gasteiger partial charge is 0.483 e. The van der Waals surface area contributed by atoms with Crippen LogP contribution in [0.15, 0.2) is 128 Å². The van der Waals surface area contributed by atoms with Crippen molar-refractivity contribution < 1.29 is 170 Å². The van der Waals surface area contributed by atoms with E-state index in [1.165, 1.54) is 50.2 Å². The molecule has 35 nitrogen and oxygen atoms in total. The highest BCUT2D eigenvalue weighted by molar-refractivity contribution is 7.61. The normalized spacial score (nSPS) is 32.8. The Labute approximate surface area is 740 Å². The molecule has 37 heteroatoms. The van der Waals surface area contributed by atoms with E-state index in [1.807, 2.05) is 6.92 Å². The van der Waals surface area contributed by atoms with Crippen molar-refractivity contribution in [1.82, 2.24) is 0 Å². The first kappa shape index (κ1) is 111. The van der Waals surface area contributed by atoms with Gasteiger partial charge in [-0.25, -0.2) is 13.9 Å². The van der Waals surface area contributed by atoms with Crippen molar-refractivity contribution in [2.24, 2.45) is 0 Å². The predicted molar refractivity (Wildman–Crippen MR) is 461 cm³/mol. The summed E-state index contributed by atoms with van der Waals surface area (Å²) in [7, 11) is -11.3. The van der Waals surface area contributed by atoms with Crippen molar-refractivity contribution in [3.05, 3.63) is 128 Å². The summed E-state index contributed by atoms with van der Waals surface area (Å²) in [6, 6.07) is 0. The Morgan fingerprint density at radius 3 is 1.01 bits per heavy atom. The molecule has 16 N–H and O–H groups in total. The molecule has 0 bridgehead atoms. The molecule has 0 radical (unpaired) electrons. The molecule has 5 saturated heterocycles. The Bertz CT molecular complexity index is 3820. The summed E-state index contributed by atoms with van der Waals surface area (Å²) < 4.78 is 101. The molecule has 5 aliphatic rings. The number of rotatable bonds is 52. The standard InChI is InChI=1S/C89H144O35P2/c1-15-51(2)26-16-27-52(3)28-17-29-53(4)30-18-31-54(5)32-19-33-55(6)34-20-35-56(7)36-21-37-57(8)38-22-39-58(9)40-23-41-59(10)42-24-43-60(11)44-25-45-61(12)48-113-125(107,108)124-126(109,110)123-88-77(103)73(99)79(65(47-91)115-88)118-87-78(104)80(70(96)64(46-90)114-87)119-89-82(72(98)69(95)67(117-89)50-112-63(14)93)121-86-76(102)74(100)81(83(122-86)84(105)106)120-85-75(101)71(97)68(94)66(116-85)49-111-62(13)92/h15,27,29,31,33,35,37,39,41,43,45,64-83,85-91,94-104H,16-26,28,30,32,34,36,38,40,42,44,46-50H2,1-14H3,(H,105,106)(H,107,108)(H,109,110)/b51-15-,52-27-,53-29-,54-31-,55-33-,56-35-,57-37-,58-39-,59-41+,60-43+,61-45+/t64-,65-,66-,67-,68-,69-,70-,71+,72+,73-,74-,75+,76-,77-,78-,79-,80+,81+,82+,83+,85+,86-,87+,88-,89-/m1/s1. The van der Waals surface area contributed by atoms with E-state index in [-0.39, 0.29) is 0 Å². The van der Waals surface area contributed by atoms with Crippen LogP contribution < -0.4 is 0 Å². The van der Waals surface area contributed by atoms with Crippen molar-refractivity contribution in [3.8, 4) is 0 Å². The number of aliphatic hydroxyl groups excluding tert-OH is 13. The summed E-state index contributed by atoms with van der Waals surface area (Å²) in [5.41, 5.74) is 14.4. The molecule has 27 atom stereocenters. The Morgan fingerprint density at radius 2 is 0.619 bits per heavy atom. The van der Waals surface area contributed by atoms with Crippen LogP contribution in [0.5, 0.6) is 0 Å². The number of hydrogen-bond acceptors (Lipinski definition) is 32. The summed E-state index contributed by atoms with van der Waals surface area (Å²) in [6.45, 7) is 23.2. The predicted octanol–water partition coefficient (Wildman–Crippen LogP) is 8.80. The first-order valence-electron chi connectivity index (χ1n) is 43.4. The fourth-order valence-electron chi connectivity index (χ4n) is 14.5. The molecule has 126 heavy (non-hydrogen) atoms. The van der Waals surface area contributed by atoms with Gasteiger partial charge in [0.25, 0.3) is 0 Å². The van der Waals surface area contributed by atoms with Crippen LogP contribution in [0.4, 0.5) is 0 Å². The summed E-state index contributed by atoms with van der Waals surface area (Å²) >= 11 is 0. The maximum absolute atomic E-state index is 13.3. The third kappa shape index (κ3) is 38.3. The van der Waals surface area contributed by atoms with E-state index in [1.54, 1.807) is 13.0 Å². The zero-order valence-electron chi connectivity index (χ0n) is 75.3. The van der Waals surface area contributed by atoms with Gasteiger partial charge in [0.2, 0.25) is 0 Å². The second-order valence-electron chi connectivity index (χ2n) is 33.6. The second kappa shape index (κ2) is 56.1. The van der Waals surface area contributed by atoms with Crippen molar-refractivity contribution >= 4 is 33.6 Å². The van der Waals surface area contributed by atoms with Crippen LogP contribution in [0.1, 0.15) is 225 Å². The molecule has 720 valence electrons. The number of esters is 2. The maximum atomic E-state index is 13.3. The van der Waals surface area contributed by atoms with Crippen LogP contribution in [0.3, 0.4) is 0 Å². The van der Waals surface area contributed by atoms with Gasteiger partial charge in [0, 0.05) is 13.8 Å². The number of allylic oxidation sites excluding steroid dienone is 21. The quantitative estimate of drug-likeness (QED) is 0.0154. The number of carbonyl (C=O) groups is 3. The number of carbonyl (C=O) groups excluding carboxylic acids is 2. The zero-order valence-corrected chi connectivity index (χ0v) is 77.1. The molecule has 5 rings (SSSR count). The number of ether oxygens (including phenoxy) is 11. The second-order valence-corrected chi connectivity index (χ2v) is 36.6. The Balaban J connectivity index is 1.04. The van der Waals surface area contributed by atoms with Crippen LogP contribution in [0.2, 0.25) is 0 Å². The minimum atomic E-state index is -5.84. The van der Waals surface area contributed by atoms with Crippen LogP contribution in [-0.2, 0) is 89.0 Å². The Kier molecular flexibility index (Phi) is 49.6. The molecule has 0 spiro atoms. The van der Waals surface area contributed by atoms with Crippen LogP contribution in [-0.4, -0.2) is 286 Å². The van der Waals surface area contributed by atoms with E-state index in [0.717, 1.165) is 135 Å². The first-order valence-corrected chi connectivity index (χ1v) is 46.4. The lowest BCUT2D eigenvalue weighted by Gasteiger charge is -2.49. The SMILES string of the molecule is C/C=C(/C)CC/C=C(/C)CC/C=C(/C)CC/C=C(/C)CC/C=C(/C)CC/C=C(/C)CC/C=C(/C)CC/C=C(/C)CC/C=C(\C)CC/C=C(\C)CC/C=C(\C)COP(=O)(O)OP(=O)(O)O[C@H]1O[C@H](CO)[C@@H](O[C@@H]2O[C@H](CO)[C@@H](O)[C@H](O[C@H]3O[C@H](COC(C)=O)[C@@H](O)[C@H](O)[C@@H]3O[C@@H]3O[C@H](C(=O)O)[C@@H](O[C@@H]4O[C@H](COC(C)=O)[C@@H](O)[C@H](O)[C@@H]4O)[C@H](O)[C@H]3O)[C@H]2O)[C@H](O)[C@H]1O. The number of phosphoric ester groups is 2. The van der Waals surface area contributed by atoms with Crippen molar-refractivity contribution in [2.75, 3.05) is 33.0 Å². The number of carboxylic acid groups (broad SMARTS) is 1. The molecular formula is C89H144O35P2. The summed E-state index contributed by atoms with van der Waals surface area (Å²) in [5, 5.41) is 155. The van der Waals surface area contributed by atoms with Gasteiger partial charge in [0.15, 0.2) is 37.6 Å². The molecule has 5 heterocycles. The lowest BCUT2D eigenvalue weighted by atomic mass is 9.95. The number of phosphoric acid groups is 2. The van der Waals surface area contributed by atoms with Gasteiger partial charge in [0.1, 0.15) is 129 Å². The monoisotopic (exact) mass is 1830 g/mol. The van der Waals surface area contributed by atoms with Gasteiger partial charge >= 0.3 is 33.6 Å². The van der Waals surface area contributed by atoms with Crippen LogP contribution in [0.25, 0.3) is 0 Å². The Morgan fingerprint density at radius 1 is 0.317 bits per heavy atom. The summed E-state index contributed by atoms with van der Waals surface area (Å²) in [6.07, 6.45) is -9.89. The minimum absolute atomic E-state index is 0.442. The topological polar surface area (TPSA) is 538 Å². The first-order chi connectivity index (χ1) is 59.4. The average Bonchev–Trinajstić information content (AvgIpc) is 0.737. The third-order valence-electron chi connectivity index (χ3n) is 22.5. The molecule has 5 fully saturated rings. The molecule has 0 aliphatic carbocycles. The number of hydrogen-bond donors (Lipinski definition) is 16. The van der Waals surface area contributed by atoms with Crippen molar-refractivity contribution in [3.63, 3.8) is 0 Å². The zero-order chi connectivity index (χ0) is 93.9. The highest BCUT2D eigenvalue weighted by atomic mass is 31.3. The van der Waals surface area contributed by atoms with Gasteiger partial charge in [-0.05, 0) is 212 Å². The van der Waals surface area contributed by atoms with Gasteiger partial charge in [-0.2, -0.15) is 4.31 Å². The molecule has 0 aromatic heterocycles. The number of aliphatic carboxylic acids is 1. The Hall–Kier alpha value is -5.07. The highest BCUT2D eigenvalue weighted by Gasteiger charge is 2.59. The van der Waals surface area contributed by atoms with Gasteiger partial charge in [-0.15, -0.1) is 0 Å². The molecule has 0 amide bonds. The molecule has 5 aliphatic heterocycles. The van der Waals surface area contributed by atoms with E-state index in [0.29, 0.717) is 18.4 Å². The van der Waals surface area contributed by atoms with E-state index in [4.69, 9.17) is 61.2 Å². The van der Waals surface area contributed by atoms with Crippen molar-refractivity contribution in [2.45, 2.75) is 379 Å². The van der Waals surface area contributed by atoms with E-state index < -0.39 is 220 Å². The number of aliphatic hydroxyl groups is 13. The fourth-order valence-corrected chi connectivity index (χ4v) is 16.7. The van der Waals surface area contributed by atoms with Gasteiger partial charge in [-0.1, -0.05) is 128 Å². The molecule has 0 saturated carbocycles. The van der Waals surface area contributed by atoms with E-state index in [9.17, 15) is 105 Å². The molecular weight excluding hydrogens is 1690 g/mol. The highest BCUT2D eigenvalue weighted by Crippen LogP contribution is 2.61. The summed E-state index contributed by atoms with van der Waals surface area (Å²) in [5.74, 6) is -3.75. The maximum Gasteiger partial charge on any atom is 0.483 e. The number of carboxylic acids is 1. The van der Waals surface area contributed by atoms with E-state index >= 15 is 0 Å². The molecule has 2 unspecified atom stereocenters. The van der Waals surface area contributed by atoms with Crippen LogP contribution in [0, 0.1) is 0 Å².